The zero-order chi connectivity index (χ0) is 21.9. The van der Waals surface area contributed by atoms with Crippen LogP contribution in [0.4, 0.5) is 5.95 Å². The van der Waals surface area contributed by atoms with Gasteiger partial charge in [-0.3, -0.25) is 4.79 Å². The zero-order valence-corrected chi connectivity index (χ0v) is 18.4. The summed E-state index contributed by atoms with van der Waals surface area (Å²) in [6.45, 7) is 5.31. The van der Waals surface area contributed by atoms with Gasteiger partial charge >= 0.3 is 0 Å². The number of para-hydroxylation sites is 1. The van der Waals surface area contributed by atoms with Crippen molar-refractivity contribution in [3.8, 4) is 11.6 Å². The molecule has 1 saturated heterocycles. The van der Waals surface area contributed by atoms with Crippen LogP contribution in [0.3, 0.4) is 0 Å². The Hall–Kier alpha value is -3.41. The molecule has 1 aromatic heterocycles. The number of rotatable bonds is 4. The summed E-state index contributed by atoms with van der Waals surface area (Å²) in [7, 11) is 0. The molecule has 3 aromatic rings. The number of piperidine rings is 1. The highest BCUT2D eigenvalue weighted by atomic mass is 16.5. The van der Waals surface area contributed by atoms with Crippen molar-refractivity contribution >= 4 is 11.9 Å². The molecule has 2 aliphatic heterocycles. The van der Waals surface area contributed by atoms with E-state index in [1.54, 1.807) is 0 Å². The number of ether oxygens (including phenoxy) is 1. The minimum atomic E-state index is 0.0241. The maximum Gasteiger partial charge on any atom is 0.254 e. The fourth-order valence-electron chi connectivity index (χ4n) is 4.34. The Bertz CT molecular complexity index is 1080. The van der Waals surface area contributed by atoms with Crippen LogP contribution in [0.2, 0.25) is 0 Å². The lowest BCUT2D eigenvalue weighted by Gasteiger charge is -2.33. The Balaban J connectivity index is 1.47. The smallest absolute Gasteiger partial charge is 0.254 e. The highest BCUT2D eigenvalue weighted by Crippen LogP contribution is 2.32. The number of aromatic nitrogens is 2. The molecule has 0 saturated carbocycles. The molecule has 1 amide bonds. The Kier molecular flexibility index (Phi) is 5.75. The molecule has 164 valence electrons. The number of amides is 1. The van der Waals surface area contributed by atoms with E-state index in [1.807, 2.05) is 65.6 Å². The number of nitrogens with zero attached hydrogens (tertiary/aromatic N) is 4. The standard InChI is InChI=1S/C26H28N4O2/c1-19-12-15-29(16-13-19)26-27-23-14-17-30(25(31)20-8-4-2-5-9-20)18-22(23)24(28-26)32-21-10-6-3-7-11-21/h2-11,19H,12-18H2,1H3. The monoisotopic (exact) mass is 428 g/mol. The van der Waals surface area contributed by atoms with E-state index in [4.69, 9.17) is 14.7 Å². The molecule has 0 radical (unpaired) electrons. The van der Waals surface area contributed by atoms with E-state index in [2.05, 4.69) is 11.8 Å². The van der Waals surface area contributed by atoms with Crippen LogP contribution in [-0.4, -0.2) is 40.4 Å². The third-order valence-corrected chi connectivity index (χ3v) is 6.34. The summed E-state index contributed by atoms with van der Waals surface area (Å²) in [5.74, 6) is 2.79. The highest BCUT2D eigenvalue weighted by Gasteiger charge is 2.29. The third kappa shape index (κ3) is 4.31. The molecule has 32 heavy (non-hydrogen) atoms. The molecule has 5 rings (SSSR count). The molecular formula is C26H28N4O2. The van der Waals surface area contributed by atoms with Gasteiger partial charge in [0.25, 0.3) is 5.91 Å². The van der Waals surface area contributed by atoms with Crippen LogP contribution in [0.1, 0.15) is 41.4 Å². The van der Waals surface area contributed by atoms with E-state index < -0.39 is 0 Å². The fourth-order valence-corrected chi connectivity index (χ4v) is 4.34. The van der Waals surface area contributed by atoms with Gasteiger partial charge in [-0.05, 0) is 43.0 Å². The summed E-state index contributed by atoms with van der Waals surface area (Å²) in [5, 5.41) is 0. The predicted octanol–water partition coefficient (Wildman–Crippen LogP) is 4.70. The Morgan fingerprint density at radius 2 is 1.62 bits per heavy atom. The Morgan fingerprint density at radius 1 is 0.938 bits per heavy atom. The number of benzene rings is 2. The second kappa shape index (κ2) is 8.99. The van der Waals surface area contributed by atoms with Gasteiger partial charge in [0.15, 0.2) is 0 Å². The SMILES string of the molecule is CC1CCN(c2nc3c(c(Oc4ccccc4)n2)CN(C(=O)c2ccccc2)CC3)CC1. The van der Waals surface area contributed by atoms with Crippen molar-refractivity contribution in [1.82, 2.24) is 14.9 Å². The maximum atomic E-state index is 13.1. The molecule has 0 spiro atoms. The van der Waals surface area contributed by atoms with Gasteiger partial charge in [-0.2, -0.15) is 4.98 Å². The first-order chi connectivity index (χ1) is 15.7. The third-order valence-electron chi connectivity index (χ3n) is 6.34. The Labute approximate surface area is 188 Å². The lowest BCUT2D eigenvalue weighted by Crippen LogP contribution is -2.38. The van der Waals surface area contributed by atoms with Crippen molar-refractivity contribution in [2.45, 2.75) is 32.7 Å². The second-order valence-corrected chi connectivity index (χ2v) is 8.68. The number of anilines is 1. The molecule has 1 fully saturated rings. The number of hydrogen-bond acceptors (Lipinski definition) is 5. The first-order valence-corrected chi connectivity index (χ1v) is 11.4. The van der Waals surface area contributed by atoms with E-state index in [1.165, 1.54) is 0 Å². The first-order valence-electron chi connectivity index (χ1n) is 11.4. The van der Waals surface area contributed by atoms with Crippen LogP contribution in [-0.2, 0) is 13.0 Å². The van der Waals surface area contributed by atoms with E-state index in [-0.39, 0.29) is 5.91 Å². The quantitative estimate of drug-likeness (QED) is 0.603. The number of fused-ring (bicyclic) bond motifs is 1. The molecular weight excluding hydrogens is 400 g/mol. The van der Waals surface area contributed by atoms with E-state index in [0.29, 0.717) is 31.0 Å². The lowest BCUT2D eigenvalue weighted by atomic mass is 9.99. The van der Waals surface area contributed by atoms with Crippen LogP contribution in [0, 0.1) is 5.92 Å². The van der Waals surface area contributed by atoms with Crippen molar-refractivity contribution in [2.75, 3.05) is 24.5 Å². The molecule has 6 nitrogen and oxygen atoms in total. The van der Waals surface area contributed by atoms with Crippen molar-refractivity contribution in [3.05, 3.63) is 77.5 Å². The second-order valence-electron chi connectivity index (χ2n) is 8.68. The Morgan fingerprint density at radius 3 is 2.34 bits per heavy atom. The fraction of sp³-hybridized carbons (Fsp3) is 0.346. The van der Waals surface area contributed by atoms with Gasteiger partial charge in [0.2, 0.25) is 11.8 Å². The van der Waals surface area contributed by atoms with E-state index in [0.717, 1.165) is 54.8 Å². The summed E-state index contributed by atoms with van der Waals surface area (Å²) < 4.78 is 6.25. The van der Waals surface area contributed by atoms with Gasteiger partial charge in [-0.25, -0.2) is 4.98 Å². The summed E-state index contributed by atoms with van der Waals surface area (Å²) in [6.07, 6.45) is 2.99. The van der Waals surface area contributed by atoms with E-state index in [9.17, 15) is 4.79 Å². The minimum absolute atomic E-state index is 0.0241. The van der Waals surface area contributed by atoms with Crippen LogP contribution in [0.15, 0.2) is 60.7 Å². The molecule has 0 N–H and O–H groups in total. The summed E-state index contributed by atoms with van der Waals surface area (Å²) in [4.78, 5) is 27.0. The van der Waals surface area contributed by atoms with Gasteiger partial charge in [-0.1, -0.05) is 43.3 Å². The van der Waals surface area contributed by atoms with Crippen molar-refractivity contribution in [1.29, 1.82) is 0 Å². The van der Waals surface area contributed by atoms with E-state index >= 15 is 0 Å². The zero-order valence-electron chi connectivity index (χ0n) is 18.4. The van der Waals surface area contributed by atoms with Crippen LogP contribution in [0.5, 0.6) is 11.6 Å². The molecule has 0 aliphatic carbocycles. The van der Waals surface area contributed by atoms with Crippen LogP contribution < -0.4 is 9.64 Å². The molecule has 0 bridgehead atoms. The topological polar surface area (TPSA) is 58.6 Å². The molecule has 0 unspecified atom stereocenters. The minimum Gasteiger partial charge on any atom is -0.438 e. The summed E-state index contributed by atoms with van der Waals surface area (Å²) in [5.41, 5.74) is 2.58. The summed E-state index contributed by atoms with van der Waals surface area (Å²) in [6, 6.07) is 19.1. The average molecular weight is 429 g/mol. The highest BCUT2D eigenvalue weighted by molar-refractivity contribution is 5.94. The average Bonchev–Trinajstić information content (AvgIpc) is 2.85. The maximum absolute atomic E-state index is 13.1. The molecule has 2 aliphatic rings. The van der Waals surface area contributed by atoms with Gasteiger partial charge < -0.3 is 14.5 Å². The molecule has 2 aromatic carbocycles. The van der Waals surface area contributed by atoms with Gasteiger partial charge in [-0.15, -0.1) is 0 Å². The molecule has 6 heteroatoms. The number of hydrogen-bond donors (Lipinski definition) is 0. The van der Waals surface area contributed by atoms with Crippen LogP contribution in [0.25, 0.3) is 0 Å². The summed E-state index contributed by atoms with van der Waals surface area (Å²) >= 11 is 0. The van der Waals surface area contributed by atoms with Crippen molar-refractivity contribution in [2.24, 2.45) is 5.92 Å². The molecule has 3 heterocycles. The van der Waals surface area contributed by atoms with Gasteiger partial charge in [0.1, 0.15) is 5.75 Å². The van der Waals surface area contributed by atoms with Crippen LogP contribution >= 0.6 is 0 Å². The van der Waals surface area contributed by atoms with Gasteiger partial charge in [0.05, 0.1) is 17.8 Å². The largest absolute Gasteiger partial charge is 0.438 e. The number of carbonyl (C=O) groups excluding carboxylic acids is 1. The normalized spacial score (nSPS) is 16.5. The number of carbonyl (C=O) groups is 1. The predicted molar refractivity (Wildman–Crippen MR) is 124 cm³/mol. The van der Waals surface area contributed by atoms with Crippen molar-refractivity contribution < 1.29 is 9.53 Å². The lowest BCUT2D eigenvalue weighted by molar-refractivity contribution is 0.0732. The van der Waals surface area contributed by atoms with Crippen molar-refractivity contribution in [3.63, 3.8) is 0 Å². The first kappa shape index (κ1) is 20.5. The van der Waals surface area contributed by atoms with Gasteiger partial charge in [0, 0.05) is 31.6 Å². The molecule has 0 atom stereocenters.